The molecule has 0 unspecified atom stereocenters. The van der Waals surface area contributed by atoms with Crippen molar-refractivity contribution in [2.75, 3.05) is 13.2 Å². The minimum atomic E-state index is -0.779. The van der Waals surface area contributed by atoms with Gasteiger partial charge in [0.25, 0.3) is 5.69 Å². The predicted molar refractivity (Wildman–Crippen MR) is 166 cm³/mol. The van der Waals surface area contributed by atoms with Crippen molar-refractivity contribution in [3.05, 3.63) is 130 Å². The number of ether oxygens (including phenoxy) is 2. The highest BCUT2D eigenvalue weighted by molar-refractivity contribution is 7.79. The summed E-state index contributed by atoms with van der Waals surface area (Å²) in [5.41, 5.74) is -0.421. The van der Waals surface area contributed by atoms with Crippen LogP contribution >= 0.6 is 7.92 Å². The number of hydrogen-bond acceptors (Lipinski definition) is 7. The van der Waals surface area contributed by atoms with Gasteiger partial charge < -0.3 is 14.6 Å². The second kappa shape index (κ2) is 16.5. The Hall–Kier alpha value is -4.81. The summed E-state index contributed by atoms with van der Waals surface area (Å²) in [6.45, 7) is 3.44. The lowest BCUT2D eigenvalue weighted by Crippen LogP contribution is -2.20. The Kier molecular flexibility index (Phi) is 12.4. The summed E-state index contributed by atoms with van der Waals surface area (Å²) < 4.78 is 9.61. The van der Waals surface area contributed by atoms with Gasteiger partial charge in [-0.3, -0.25) is 14.9 Å². The number of hydrogen-bond donors (Lipinski definition) is 1. The number of rotatable bonds is 10. The molecular weight excluding hydrogens is 553 g/mol. The molecule has 0 heterocycles. The van der Waals surface area contributed by atoms with E-state index >= 15 is 0 Å². The minimum absolute atomic E-state index is 0.0117. The summed E-state index contributed by atoms with van der Waals surface area (Å²) in [6.07, 6.45) is 0.756. The summed E-state index contributed by atoms with van der Waals surface area (Å²) in [6, 6.07) is 35.7. The summed E-state index contributed by atoms with van der Waals surface area (Å²) in [4.78, 5) is 33.9. The number of carbonyl (C=O) groups excluding carboxylic acids is 2. The van der Waals surface area contributed by atoms with Gasteiger partial charge in [-0.25, -0.2) is 4.79 Å². The lowest BCUT2D eigenvalue weighted by molar-refractivity contribution is -0.385. The summed E-state index contributed by atoms with van der Waals surface area (Å²) in [5, 5.41) is 24.7. The van der Waals surface area contributed by atoms with Gasteiger partial charge in [-0.1, -0.05) is 91.0 Å². The van der Waals surface area contributed by atoms with E-state index in [1.807, 2.05) is 0 Å². The van der Waals surface area contributed by atoms with Gasteiger partial charge in [0.15, 0.2) is 0 Å². The SMILES string of the molecule is CCOC(=O)C/C(=C\c1cc(O)ccc1[N+](=O)[O-])C(=O)OCC.c1ccc(P(c2ccccc2)c2ccccc2)cc1. The lowest BCUT2D eigenvalue weighted by Gasteiger charge is -2.18. The molecule has 4 rings (SSSR count). The van der Waals surface area contributed by atoms with Crippen LogP contribution in [0.3, 0.4) is 0 Å². The smallest absolute Gasteiger partial charge is 0.334 e. The predicted octanol–water partition coefficient (Wildman–Crippen LogP) is 5.64. The zero-order valence-electron chi connectivity index (χ0n) is 23.4. The van der Waals surface area contributed by atoms with Crippen LogP contribution in [0.1, 0.15) is 25.8 Å². The van der Waals surface area contributed by atoms with Gasteiger partial charge in [0.2, 0.25) is 0 Å². The van der Waals surface area contributed by atoms with Crippen LogP contribution in [-0.2, 0) is 19.1 Å². The van der Waals surface area contributed by atoms with E-state index in [1.165, 1.54) is 15.9 Å². The maximum Gasteiger partial charge on any atom is 0.334 e. The Morgan fingerprint density at radius 3 is 1.69 bits per heavy atom. The fourth-order valence-corrected chi connectivity index (χ4v) is 6.27. The highest BCUT2D eigenvalue weighted by Gasteiger charge is 2.20. The third-order valence-electron chi connectivity index (χ3n) is 5.76. The standard InChI is InChI=1S/C18H15P.C15H17NO7/c1-4-10-16(11-5-1)19(17-12-6-2-7-13-17)18-14-8-3-9-15-18;1-3-22-14(18)9-11(15(19)23-4-2)7-10-8-12(17)5-6-13(10)16(20)21/h1-15H;5-8,17H,3-4,9H2,1-2H3/b;11-7+. The van der Waals surface area contributed by atoms with Crippen molar-refractivity contribution in [1.29, 1.82) is 0 Å². The maximum absolute atomic E-state index is 11.9. The van der Waals surface area contributed by atoms with Crippen molar-refractivity contribution >= 4 is 47.5 Å². The molecule has 8 nitrogen and oxygen atoms in total. The second-order valence-electron chi connectivity index (χ2n) is 8.71. The van der Waals surface area contributed by atoms with E-state index in [0.717, 1.165) is 24.3 Å². The lowest BCUT2D eigenvalue weighted by atomic mass is 10.1. The Morgan fingerprint density at radius 2 is 1.26 bits per heavy atom. The third-order valence-corrected chi connectivity index (χ3v) is 8.20. The highest BCUT2D eigenvalue weighted by Crippen LogP contribution is 2.32. The van der Waals surface area contributed by atoms with Gasteiger partial charge in [0, 0.05) is 11.6 Å². The van der Waals surface area contributed by atoms with Crippen molar-refractivity contribution in [2.45, 2.75) is 20.3 Å². The van der Waals surface area contributed by atoms with Crippen LogP contribution in [0.15, 0.2) is 115 Å². The third kappa shape index (κ3) is 9.39. The van der Waals surface area contributed by atoms with E-state index in [-0.39, 0.29) is 42.2 Å². The number of nitro benzene ring substituents is 1. The molecular formula is C33H32NO7P. The van der Waals surface area contributed by atoms with E-state index in [4.69, 9.17) is 9.47 Å². The van der Waals surface area contributed by atoms with E-state index in [2.05, 4.69) is 91.0 Å². The number of nitro groups is 1. The average Bonchev–Trinajstić information content (AvgIpc) is 2.99. The summed E-state index contributed by atoms with van der Waals surface area (Å²) in [7, 11) is -0.446. The number of carbonyl (C=O) groups is 2. The molecule has 0 amide bonds. The van der Waals surface area contributed by atoms with Crippen molar-refractivity contribution in [3.8, 4) is 5.75 Å². The number of nitrogens with zero attached hydrogens (tertiary/aromatic N) is 1. The van der Waals surface area contributed by atoms with Crippen LogP contribution in [-0.4, -0.2) is 35.2 Å². The van der Waals surface area contributed by atoms with E-state index < -0.39 is 24.8 Å². The molecule has 0 bridgehead atoms. The quantitative estimate of drug-likeness (QED) is 0.0841. The van der Waals surface area contributed by atoms with Crippen LogP contribution in [0.5, 0.6) is 5.75 Å². The zero-order valence-corrected chi connectivity index (χ0v) is 24.3. The van der Waals surface area contributed by atoms with Crippen molar-refractivity contribution in [3.63, 3.8) is 0 Å². The van der Waals surface area contributed by atoms with Crippen LogP contribution < -0.4 is 15.9 Å². The van der Waals surface area contributed by atoms with Crippen molar-refractivity contribution in [2.24, 2.45) is 0 Å². The summed E-state index contributed by atoms with van der Waals surface area (Å²) in [5.74, 6) is -1.64. The molecule has 0 aromatic heterocycles. The topological polar surface area (TPSA) is 116 Å². The van der Waals surface area contributed by atoms with E-state index in [0.29, 0.717) is 0 Å². The van der Waals surface area contributed by atoms with Gasteiger partial charge in [-0.2, -0.15) is 0 Å². The van der Waals surface area contributed by atoms with Gasteiger partial charge in [-0.15, -0.1) is 0 Å². The largest absolute Gasteiger partial charge is 0.508 e. The minimum Gasteiger partial charge on any atom is -0.508 e. The molecule has 0 spiro atoms. The number of phenolic OH excluding ortho intramolecular Hbond substituents is 1. The van der Waals surface area contributed by atoms with Gasteiger partial charge in [0.05, 0.1) is 30.1 Å². The summed E-state index contributed by atoms with van der Waals surface area (Å²) >= 11 is 0. The molecule has 42 heavy (non-hydrogen) atoms. The normalized spacial score (nSPS) is 10.8. The zero-order chi connectivity index (χ0) is 30.3. The Morgan fingerprint density at radius 1 is 0.786 bits per heavy atom. The molecule has 4 aromatic carbocycles. The molecule has 0 aliphatic rings. The van der Waals surface area contributed by atoms with Gasteiger partial charge in [-0.05, 0) is 55.9 Å². The molecule has 0 radical (unpaired) electrons. The Bertz CT molecular complexity index is 1400. The van der Waals surface area contributed by atoms with E-state index in [9.17, 15) is 24.8 Å². The first kappa shape index (κ1) is 31.7. The van der Waals surface area contributed by atoms with Gasteiger partial charge >= 0.3 is 11.9 Å². The second-order valence-corrected chi connectivity index (χ2v) is 10.9. The van der Waals surface area contributed by atoms with E-state index in [1.54, 1.807) is 13.8 Å². The monoisotopic (exact) mass is 585 g/mol. The maximum atomic E-state index is 11.9. The van der Waals surface area contributed by atoms with Crippen molar-refractivity contribution < 1.29 is 29.1 Å². The number of phenols is 1. The van der Waals surface area contributed by atoms with Crippen LogP contribution in [0, 0.1) is 10.1 Å². The van der Waals surface area contributed by atoms with Crippen LogP contribution in [0.25, 0.3) is 6.08 Å². The Labute approximate surface area is 246 Å². The fourth-order valence-electron chi connectivity index (χ4n) is 3.96. The Balaban J connectivity index is 0.000000234. The van der Waals surface area contributed by atoms with Crippen LogP contribution in [0.2, 0.25) is 0 Å². The number of benzene rings is 4. The average molecular weight is 586 g/mol. The first-order valence-corrected chi connectivity index (χ1v) is 14.6. The molecule has 0 saturated carbocycles. The molecule has 0 aliphatic carbocycles. The fraction of sp³-hybridized carbons (Fsp3) is 0.152. The molecule has 4 aromatic rings. The molecule has 9 heteroatoms. The first-order chi connectivity index (χ1) is 20.3. The van der Waals surface area contributed by atoms with Crippen molar-refractivity contribution in [1.82, 2.24) is 0 Å². The number of esters is 2. The number of aromatic hydroxyl groups is 1. The molecule has 216 valence electrons. The molecule has 0 fully saturated rings. The molecule has 0 aliphatic heterocycles. The van der Waals surface area contributed by atoms with Crippen LogP contribution in [0.4, 0.5) is 5.69 Å². The molecule has 0 atom stereocenters. The van der Waals surface area contributed by atoms with Gasteiger partial charge in [0.1, 0.15) is 5.75 Å². The molecule has 1 N–H and O–H groups in total. The first-order valence-electron chi connectivity index (χ1n) is 13.3. The highest BCUT2D eigenvalue weighted by atomic mass is 31.1. The molecule has 0 saturated heterocycles.